The van der Waals surface area contributed by atoms with Crippen molar-refractivity contribution in [1.82, 2.24) is 9.97 Å². The van der Waals surface area contributed by atoms with Crippen LogP contribution in [0, 0.1) is 0 Å². The fourth-order valence-electron chi connectivity index (χ4n) is 1.56. The molecule has 3 radical (unpaired) electrons. The van der Waals surface area contributed by atoms with Crippen LogP contribution in [0.3, 0.4) is 0 Å². The van der Waals surface area contributed by atoms with Gasteiger partial charge in [-0.05, 0) is 41.5 Å². The van der Waals surface area contributed by atoms with Crippen LogP contribution in [-0.4, -0.2) is 42.3 Å². The van der Waals surface area contributed by atoms with E-state index in [1.54, 1.807) is 0 Å². The predicted molar refractivity (Wildman–Crippen MR) is 79.4 cm³/mol. The van der Waals surface area contributed by atoms with E-state index < -0.39 is 6.16 Å². The fourth-order valence-corrected chi connectivity index (χ4v) is 1.56. The number of hydrogen-bond donors (Lipinski definition) is 0. The normalized spacial score (nSPS) is 11.9. The van der Waals surface area contributed by atoms with Crippen molar-refractivity contribution in [1.29, 1.82) is 0 Å². The Morgan fingerprint density at radius 1 is 0.909 bits per heavy atom. The van der Waals surface area contributed by atoms with Gasteiger partial charge in [-0.1, -0.05) is 0 Å². The van der Waals surface area contributed by atoms with Crippen LogP contribution in [0.5, 0.6) is 5.88 Å². The summed E-state index contributed by atoms with van der Waals surface area (Å²) in [6.45, 7) is 11.1. The molecule has 1 heterocycles. The van der Waals surface area contributed by atoms with E-state index in [4.69, 9.17) is 26.8 Å². The molecule has 0 spiro atoms. The van der Waals surface area contributed by atoms with Crippen LogP contribution in [-0.2, 0) is 14.2 Å². The van der Waals surface area contributed by atoms with Crippen LogP contribution < -0.4 is 29.2 Å². The maximum atomic E-state index is 5.73. The standard InChI is InChI=1S/C14H23BN2O4.Li/c1-9(2)18-14(19-10(3)4,20-11(5)6)21-13-8-16-7-12(15)17-13;/h7-11H,1-6H3;/q-1;+1. The maximum absolute atomic E-state index is 5.73. The molecule has 0 saturated heterocycles. The molecular formula is C14H23BLiN2O4. The van der Waals surface area contributed by atoms with E-state index in [0.29, 0.717) is 0 Å². The van der Waals surface area contributed by atoms with Crippen LogP contribution in [0.4, 0.5) is 0 Å². The molecule has 0 aliphatic carbocycles. The summed E-state index contributed by atoms with van der Waals surface area (Å²) in [6.07, 6.45) is 0.593. The van der Waals surface area contributed by atoms with Crippen molar-refractivity contribution >= 4 is 13.4 Å². The van der Waals surface area contributed by atoms with Crippen LogP contribution in [0.25, 0.3) is 0 Å². The third-order valence-electron chi connectivity index (χ3n) is 2.00. The van der Waals surface area contributed by atoms with E-state index in [-0.39, 0.29) is 48.6 Å². The Morgan fingerprint density at radius 3 is 1.73 bits per heavy atom. The first-order valence-electron chi connectivity index (χ1n) is 7.02. The number of rotatable bonds is 8. The second-order valence-electron chi connectivity index (χ2n) is 5.38. The smallest absolute Gasteiger partial charge is 0.551 e. The van der Waals surface area contributed by atoms with Gasteiger partial charge in [-0.25, -0.2) is 5.59 Å². The number of ether oxygens (including phenoxy) is 4. The van der Waals surface area contributed by atoms with E-state index in [1.165, 1.54) is 12.4 Å². The molecule has 0 aliphatic heterocycles. The Bertz CT molecular complexity index is 420. The molecule has 117 valence electrons. The van der Waals surface area contributed by atoms with Crippen molar-refractivity contribution < 1.29 is 37.8 Å². The van der Waals surface area contributed by atoms with Gasteiger partial charge in [0.1, 0.15) is 0 Å². The van der Waals surface area contributed by atoms with Crippen LogP contribution in [0.1, 0.15) is 41.5 Å². The van der Waals surface area contributed by atoms with Gasteiger partial charge in [-0.15, -0.1) is 0 Å². The van der Waals surface area contributed by atoms with E-state index in [2.05, 4.69) is 9.97 Å². The molecule has 0 unspecified atom stereocenters. The third kappa shape index (κ3) is 7.61. The molecule has 0 fully saturated rings. The summed E-state index contributed by atoms with van der Waals surface area (Å²) < 4.78 is 22.9. The Balaban J connectivity index is 0.00000441. The summed E-state index contributed by atoms with van der Waals surface area (Å²) in [5.41, 5.74) is 0.236. The van der Waals surface area contributed by atoms with E-state index in [0.717, 1.165) is 0 Å². The summed E-state index contributed by atoms with van der Waals surface area (Å²) >= 11 is 0. The van der Waals surface area contributed by atoms with Gasteiger partial charge in [0.2, 0.25) is 5.88 Å². The van der Waals surface area contributed by atoms with Gasteiger partial charge >= 0.3 is 25.0 Å². The number of nitrogens with zero attached hydrogens (tertiary/aromatic N) is 2. The zero-order valence-electron chi connectivity index (χ0n) is 14.5. The summed E-state index contributed by atoms with van der Waals surface area (Å²) in [5.74, 6) is 0.164. The molecule has 1 aromatic rings. The van der Waals surface area contributed by atoms with Gasteiger partial charge in [0.05, 0.1) is 24.5 Å². The van der Waals surface area contributed by atoms with Gasteiger partial charge in [0.25, 0.3) is 0 Å². The average molecular weight is 301 g/mol. The van der Waals surface area contributed by atoms with Gasteiger partial charge in [0.15, 0.2) is 0 Å². The Hall–Kier alpha value is -0.578. The zero-order chi connectivity index (χ0) is 16.0. The Labute approximate surface area is 145 Å². The summed E-state index contributed by atoms with van der Waals surface area (Å²) in [5, 5.41) is 0. The first-order valence-corrected chi connectivity index (χ1v) is 7.02. The van der Waals surface area contributed by atoms with Crippen molar-refractivity contribution in [3.8, 4) is 5.88 Å². The van der Waals surface area contributed by atoms with E-state index in [9.17, 15) is 0 Å². The molecule has 0 bridgehead atoms. The first-order chi connectivity index (χ1) is 9.72. The number of hydrogen-bond acceptors (Lipinski definition) is 6. The molecule has 0 N–H and O–H groups in total. The Morgan fingerprint density at radius 2 is 1.36 bits per heavy atom. The average Bonchev–Trinajstić information content (AvgIpc) is 2.24. The molecule has 0 aliphatic rings. The maximum Gasteiger partial charge on any atom is 1.00 e. The van der Waals surface area contributed by atoms with E-state index in [1.807, 2.05) is 41.5 Å². The van der Waals surface area contributed by atoms with Crippen molar-refractivity contribution in [3.05, 3.63) is 12.4 Å². The van der Waals surface area contributed by atoms with Gasteiger partial charge < -0.3 is 12.6 Å². The quantitative estimate of drug-likeness (QED) is 0.432. The molecule has 0 aromatic carbocycles. The molecule has 0 saturated carbocycles. The zero-order valence-corrected chi connectivity index (χ0v) is 14.5. The molecule has 0 amide bonds. The topological polar surface area (TPSA) is 62.7 Å². The van der Waals surface area contributed by atoms with Crippen LogP contribution >= 0.6 is 0 Å². The van der Waals surface area contributed by atoms with Gasteiger partial charge in [-0.3, -0.25) is 24.2 Å². The van der Waals surface area contributed by atoms with Crippen molar-refractivity contribution in [2.45, 2.75) is 66.0 Å². The van der Waals surface area contributed by atoms with Gasteiger partial charge in [-0.2, -0.15) is 0 Å². The molecule has 8 heteroatoms. The molecule has 1 rings (SSSR count). The monoisotopic (exact) mass is 301 g/mol. The molecule has 22 heavy (non-hydrogen) atoms. The van der Waals surface area contributed by atoms with Crippen molar-refractivity contribution in [2.24, 2.45) is 0 Å². The predicted octanol–water partition coefficient (Wildman–Crippen LogP) is -1.46. The minimum atomic E-state index is -1.70. The number of aromatic nitrogens is 2. The summed E-state index contributed by atoms with van der Waals surface area (Å²) in [7, 11) is 5.61. The Kier molecular flexibility index (Phi) is 9.29. The van der Waals surface area contributed by atoms with Crippen LogP contribution in [0.15, 0.2) is 12.4 Å². The third-order valence-corrected chi connectivity index (χ3v) is 2.00. The first kappa shape index (κ1) is 21.4. The van der Waals surface area contributed by atoms with Gasteiger partial charge in [0, 0.05) is 6.20 Å². The minimum absolute atomic E-state index is 0. The van der Waals surface area contributed by atoms with Crippen LogP contribution in [0.2, 0.25) is 0 Å². The summed E-state index contributed by atoms with van der Waals surface area (Å²) in [6, 6.07) is 0. The SMILES string of the molecule is [B-]c1cncc(OC(OC(C)C)(OC(C)C)OC(C)C)n1.[Li+]. The molecule has 6 nitrogen and oxygen atoms in total. The summed E-state index contributed by atoms with van der Waals surface area (Å²) in [4.78, 5) is 7.96. The fraction of sp³-hybridized carbons (Fsp3) is 0.714. The molecule has 1 aromatic heterocycles. The second-order valence-corrected chi connectivity index (χ2v) is 5.38. The van der Waals surface area contributed by atoms with E-state index >= 15 is 0 Å². The largest absolute Gasteiger partial charge is 1.00 e. The van der Waals surface area contributed by atoms with Crippen molar-refractivity contribution in [2.75, 3.05) is 0 Å². The second kappa shape index (κ2) is 9.54. The van der Waals surface area contributed by atoms with Crippen molar-refractivity contribution in [3.63, 3.8) is 0 Å². The molecular weight excluding hydrogens is 278 g/mol. The minimum Gasteiger partial charge on any atom is -0.551 e. The molecule has 0 atom stereocenters.